The van der Waals surface area contributed by atoms with Gasteiger partial charge in [-0.3, -0.25) is 0 Å². The molecule has 3 heteroatoms. The van der Waals surface area contributed by atoms with Crippen molar-refractivity contribution < 1.29 is 9.13 Å². The SMILES string of the molecule is CC1CCCC(OC(CN)c2cccc(F)c2)C1. The van der Waals surface area contributed by atoms with Crippen molar-refractivity contribution in [3.05, 3.63) is 35.6 Å². The average Bonchev–Trinajstić information content (AvgIpc) is 2.36. The standard InChI is InChI=1S/C15H22FNO/c1-11-4-2-7-14(8-11)18-15(10-17)12-5-3-6-13(16)9-12/h3,5-6,9,11,14-15H,2,4,7-8,10,17H2,1H3. The van der Waals surface area contributed by atoms with Crippen LogP contribution < -0.4 is 5.73 Å². The second kappa shape index (κ2) is 6.30. The topological polar surface area (TPSA) is 35.2 Å². The largest absolute Gasteiger partial charge is 0.369 e. The molecule has 2 N–H and O–H groups in total. The summed E-state index contributed by atoms with van der Waals surface area (Å²) in [6, 6.07) is 6.55. The number of benzene rings is 1. The Morgan fingerprint density at radius 1 is 1.44 bits per heavy atom. The number of halogens is 1. The predicted molar refractivity (Wildman–Crippen MR) is 70.7 cm³/mol. The van der Waals surface area contributed by atoms with Gasteiger partial charge in [0.05, 0.1) is 12.2 Å². The predicted octanol–water partition coefficient (Wildman–Crippen LogP) is 3.42. The van der Waals surface area contributed by atoms with E-state index >= 15 is 0 Å². The molecule has 3 unspecified atom stereocenters. The van der Waals surface area contributed by atoms with Crippen molar-refractivity contribution in [1.82, 2.24) is 0 Å². The van der Waals surface area contributed by atoms with Crippen LogP contribution in [0.2, 0.25) is 0 Å². The van der Waals surface area contributed by atoms with Crippen molar-refractivity contribution in [2.45, 2.75) is 44.8 Å². The zero-order valence-corrected chi connectivity index (χ0v) is 10.9. The molecule has 0 radical (unpaired) electrons. The molecule has 0 saturated heterocycles. The van der Waals surface area contributed by atoms with Crippen LogP contribution in [0.5, 0.6) is 0 Å². The zero-order valence-electron chi connectivity index (χ0n) is 10.9. The minimum atomic E-state index is -0.230. The molecule has 0 heterocycles. The van der Waals surface area contributed by atoms with Gasteiger partial charge < -0.3 is 10.5 Å². The average molecular weight is 251 g/mol. The molecule has 1 fully saturated rings. The lowest BCUT2D eigenvalue weighted by Gasteiger charge is -2.30. The molecule has 0 aromatic heterocycles. The van der Waals surface area contributed by atoms with Gasteiger partial charge in [-0.1, -0.05) is 31.9 Å². The molecule has 0 bridgehead atoms. The van der Waals surface area contributed by atoms with Crippen LogP contribution in [-0.2, 0) is 4.74 Å². The Labute approximate surface area is 108 Å². The summed E-state index contributed by atoms with van der Waals surface area (Å²) >= 11 is 0. The highest BCUT2D eigenvalue weighted by Crippen LogP contribution is 2.29. The van der Waals surface area contributed by atoms with Gasteiger partial charge in [0.1, 0.15) is 5.82 Å². The molecule has 100 valence electrons. The van der Waals surface area contributed by atoms with Gasteiger partial charge in [-0.2, -0.15) is 0 Å². The van der Waals surface area contributed by atoms with Crippen molar-refractivity contribution in [1.29, 1.82) is 0 Å². The Kier molecular flexibility index (Phi) is 4.72. The van der Waals surface area contributed by atoms with Gasteiger partial charge in [-0.05, 0) is 36.5 Å². The smallest absolute Gasteiger partial charge is 0.123 e. The summed E-state index contributed by atoms with van der Waals surface area (Å²) in [6.45, 7) is 2.66. The van der Waals surface area contributed by atoms with Crippen LogP contribution in [0.15, 0.2) is 24.3 Å². The van der Waals surface area contributed by atoms with Crippen molar-refractivity contribution in [3.8, 4) is 0 Å². The minimum Gasteiger partial charge on any atom is -0.369 e. The maximum Gasteiger partial charge on any atom is 0.123 e. The quantitative estimate of drug-likeness (QED) is 0.890. The van der Waals surface area contributed by atoms with E-state index < -0.39 is 0 Å². The normalized spacial score (nSPS) is 25.9. The Bertz CT molecular complexity index is 383. The van der Waals surface area contributed by atoms with E-state index in [0.29, 0.717) is 6.54 Å². The first-order valence-corrected chi connectivity index (χ1v) is 6.80. The molecule has 2 rings (SSSR count). The molecule has 1 saturated carbocycles. The van der Waals surface area contributed by atoms with Gasteiger partial charge in [0.25, 0.3) is 0 Å². The maximum absolute atomic E-state index is 13.2. The van der Waals surface area contributed by atoms with E-state index in [4.69, 9.17) is 10.5 Å². The Hall–Kier alpha value is -0.930. The molecule has 18 heavy (non-hydrogen) atoms. The minimum absolute atomic E-state index is 0.184. The molecular formula is C15H22FNO. The number of hydrogen-bond acceptors (Lipinski definition) is 2. The lowest BCUT2D eigenvalue weighted by atomic mass is 9.88. The second-order valence-electron chi connectivity index (χ2n) is 5.31. The van der Waals surface area contributed by atoms with Crippen LogP contribution in [0.3, 0.4) is 0 Å². The van der Waals surface area contributed by atoms with Crippen molar-refractivity contribution in [2.24, 2.45) is 11.7 Å². The third kappa shape index (κ3) is 3.53. The van der Waals surface area contributed by atoms with Gasteiger partial charge in [0.2, 0.25) is 0 Å². The fourth-order valence-electron chi connectivity index (χ4n) is 2.71. The van der Waals surface area contributed by atoms with Crippen LogP contribution in [0.25, 0.3) is 0 Å². The molecule has 3 atom stereocenters. The number of ether oxygens (including phenoxy) is 1. The molecule has 2 nitrogen and oxygen atoms in total. The first kappa shape index (κ1) is 13.5. The first-order chi connectivity index (χ1) is 8.69. The fourth-order valence-corrected chi connectivity index (χ4v) is 2.71. The maximum atomic E-state index is 13.2. The summed E-state index contributed by atoms with van der Waals surface area (Å²) in [6.07, 6.45) is 4.77. The van der Waals surface area contributed by atoms with Gasteiger partial charge in [-0.15, -0.1) is 0 Å². The van der Waals surface area contributed by atoms with Crippen LogP contribution in [0.4, 0.5) is 4.39 Å². The highest BCUT2D eigenvalue weighted by atomic mass is 19.1. The molecular weight excluding hydrogens is 229 g/mol. The third-order valence-corrected chi connectivity index (χ3v) is 3.68. The van der Waals surface area contributed by atoms with E-state index in [2.05, 4.69) is 6.92 Å². The van der Waals surface area contributed by atoms with E-state index in [1.807, 2.05) is 6.07 Å². The fraction of sp³-hybridized carbons (Fsp3) is 0.600. The summed E-state index contributed by atoms with van der Waals surface area (Å²) in [4.78, 5) is 0. The van der Waals surface area contributed by atoms with Crippen molar-refractivity contribution in [2.75, 3.05) is 6.54 Å². The number of hydrogen-bond donors (Lipinski definition) is 1. The molecule has 0 aliphatic heterocycles. The number of rotatable bonds is 4. The molecule has 1 aromatic carbocycles. The van der Waals surface area contributed by atoms with Gasteiger partial charge in [0, 0.05) is 6.54 Å². The molecule has 1 aliphatic carbocycles. The van der Waals surface area contributed by atoms with E-state index in [1.165, 1.54) is 25.0 Å². The third-order valence-electron chi connectivity index (χ3n) is 3.68. The van der Waals surface area contributed by atoms with Crippen LogP contribution >= 0.6 is 0 Å². The highest BCUT2D eigenvalue weighted by molar-refractivity contribution is 5.19. The monoisotopic (exact) mass is 251 g/mol. The van der Waals surface area contributed by atoms with E-state index in [-0.39, 0.29) is 18.0 Å². The van der Waals surface area contributed by atoms with Crippen LogP contribution in [0, 0.1) is 11.7 Å². The Balaban J connectivity index is 2.00. The summed E-state index contributed by atoms with van der Waals surface area (Å²) in [7, 11) is 0. The van der Waals surface area contributed by atoms with Gasteiger partial charge >= 0.3 is 0 Å². The van der Waals surface area contributed by atoms with Crippen molar-refractivity contribution >= 4 is 0 Å². The summed E-state index contributed by atoms with van der Waals surface area (Å²) in [5.74, 6) is 0.487. The molecule has 1 aromatic rings. The summed E-state index contributed by atoms with van der Waals surface area (Å²) < 4.78 is 19.3. The van der Waals surface area contributed by atoms with E-state index in [1.54, 1.807) is 6.07 Å². The molecule has 1 aliphatic rings. The molecule has 0 spiro atoms. The van der Waals surface area contributed by atoms with E-state index in [0.717, 1.165) is 24.3 Å². The second-order valence-corrected chi connectivity index (χ2v) is 5.31. The zero-order chi connectivity index (χ0) is 13.0. The number of nitrogens with two attached hydrogens (primary N) is 1. The molecule has 0 amide bonds. The van der Waals surface area contributed by atoms with E-state index in [9.17, 15) is 4.39 Å². The lowest BCUT2D eigenvalue weighted by molar-refractivity contribution is -0.0362. The Morgan fingerprint density at radius 2 is 2.28 bits per heavy atom. The first-order valence-electron chi connectivity index (χ1n) is 6.80. The summed E-state index contributed by atoms with van der Waals surface area (Å²) in [5, 5.41) is 0. The Morgan fingerprint density at radius 3 is 2.94 bits per heavy atom. The van der Waals surface area contributed by atoms with Crippen LogP contribution in [0.1, 0.15) is 44.3 Å². The van der Waals surface area contributed by atoms with Gasteiger partial charge in [-0.25, -0.2) is 4.39 Å². The summed E-state index contributed by atoms with van der Waals surface area (Å²) in [5.41, 5.74) is 6.60. The highest BCUT2D eigenvalue weighted by Gasteiger charge is 2.23. The van der Waals surface area contributed by atoms with Crippen LogP contribution in [-0.4, -0.2) is 12.6 Å². The van der Waals surface area contributed by atoms with Gasteiger partial charge in [0.15, 0.2) is 0 Å². The lowest BCUT2D eigenvalue weighted by Crippen LogP contribution is -2.27. The van der Waals surface area contributed by atoms with Crippen molar-refractivity contribution in [3.63, 3.8) is 0 Å².